The quantitative estimate of drug-likeness (QED) is 0.742. The van der Waals surface area contributed by atoms with Crippen molar-refractivity contribution in [2.24, 2.45) is 5.73 Å². The summed E-state index contributed by atoms with van der Waals surface area (Å²) in [5, 5.41) is 0. The van der Waals surface area contributed by atoms with E-state index >= 15 is 0 Å². The maximum atomic E-state index is 12.7. The lowest BCUT2D eigenvalue weighted by molar-refractivity contribution is 0.0741. The van der Waals surface area contributed by atoms with Crippen LogP contribution in [0.3, 0.4) is 0 Å². The summed E-state index contributed by atoms with van der Waals surface area (Å²) in [7, 11) is 0. The van der Waals surface area contributed by atoms with Gasteiger partial charge in [0.1, 0.15) is 6.33 Å². The normalized spacial score (nSPS) is 16.2. The van der Waals surface area contributed by atoms with Gasteiger partial charge < -0.3 is 10.6 Å². The van der Waals surface area contributed by atoms with Crippen molar-refractivity contribution in [1.29, 1.82) is 0 Å². The first-order chi connectivity index (χ1) is 11.8. The summed E-state index contributed by atoms with van der Waals surface area (Å²) in [5.74, 6) is 0.0741. The summed E-state index contributed by atoms with van der Waals surface area (Å²) < 4.78 is 2.03. The van der Waals surface area contributed by atoms with Gasteiger partial charge in [0.2, 0.25) is 0 Å². The number of carbonyl (C=O) groups excluding carboxylic acids is 1. The van der Waals surface area contributed by atoms with E-state index < -0.39 is 0 Å². The van der Waals surface area contributed by atoms with E-state index in [-0.39, 0.29) is 36.8 Å². The number of carbonyl (C=O) groups is 1. The number of hydrogen-bond acceptors (Lipinski definition) is 3. The predicted octanol–water partition coefficient (Wildman–Crippen LogP) is 3.43. The molecule has 2 N–H and O–H groups in total. The van der Waals surface area contributed by atoms with Crippen LogP contribution in [0.2, 0.25) is 0 Å². The Morgan fingerprint density at radius 1 is 1.12 bits per heavy atom. The molecule has 0 bridgehead atoms. The number of nitrogens with two attached hydrogens (primary N) is 1. The standard InChI is InChI=1S/C19H20N4O.2ClH/c20-12-16-4-3-11-22(16)19(24)14-7-9-15(10-8-14)23-13-21-17-5-1-2-6-18(17)23;;/h1-2,5-10,13,16H,3-4,11-12,20H2;2*1H. The molecule has 1 atom stereocenters. The Hall–Kier alpha value is -2.08. The fourth-order valence-corrected chi connectivity index (χ4v) is 3.44. The molecule has 1 aliphatic heterocycles. The Labute approximate surface area is 165 Å². The van der Waals surface area contributed by atoms with Gasteiger partial charge in [0.05, 0.1) is 11.0 Å². The lowest BCUT2D eigenvalue weighted by atomic mass is 10.1. The highest BCUT2D eigenvalue weighted by atomic mass is 35.5. The number of benzene rings is 2. The Morgan fingerprint density at radius 3 is 2.58 bits per heavy atom. The van der Waals surface area contributed by atoms with Gasteiger partial charge in [-0.15, -0.1) is 24.8 Å². The molecule has 1 aliphatic rings. The Bertz CT molecular complexity index is 879. The minimum absolute atomic E-state index is 0. The summed E-state index contributed by atoms with van der Waals surface area (Å²) in [4.78, 5) is 19.0. The summed E-state index contributed by atoms with van der Waals surface area (Å²) in [6, 6.07) is 15.9. The number of amides is 1. The summed E-state index contributed by atoms with van der Waals surface area (Å²) in [5.41, 5.74) is 9.50. The number of rotatable bonds is 3. The molecule has 138 valence electrons. The second kappa shape index (κ2) is 8.54. The lowest BCUT2D eigenvalue weighted by Gasteiger charge is -2.23. The van der Waals surface area contributed by atoms with E-state index in [2.05, 4.69) is 4.98 Å². The van der Waals surface area contributed by atoms with Crippen molar-refractivity contribution in [3.63, 3.8) is 0 Å². The molecule has 1 amide bonds. The van der Waals surface area contributed by atoms with Crippen LogP contribution in [0, 0.1) is 0 Å². The molecule has 0 saturated carbocycles. The van der Waals surface area contributed by atoms with Crippen LogP contribution in [0.1, 0.15) is 23.2 Å². The van der Waals surface area contributed by atoms with Gasteiger partial charge in [-0.1, -0.05) is 12.1 Å². The molecule has 1 fully saturated rings. The number of fused-ring (bicyclic) bond motifs is 1. The Morgan fingerprint density at radius 2 is 1.85 bits per heavy atom. The first-order valence-electron chi connectivity index (χ1n) is 8.31. The van der Waals surface area contributed by atoms with Crippen molar-refractivity contribution >= 4 is 41.8 Å². The van der Waals surface area contributed by atoms with Crippen molar-refractivity contribution in [1.82, 2.24) is 14.5 Å². The minimum Gasteiger partial charge on any atom is -0.334 e. The molecular formula is C19H22Cl2N4O. The predicted molar refractivity (Wildman–Crippen MR) is 109 cm³/mol. The third-order valence-corrected chi connectivity index (χ3v) is 4.76. The number of halogens is 2. The molecule has 1 saturated heterocycles. The molecule has 2 aromatic carbocycles. The Kier molecular flexibility index (Phi) is 6.64. The summed E-state index contributed by atoms with van der Waals surface area (Å²) in [6.45, 7) is 1.33. The lowest BCUT2D eigenvalue weighted by Crippen LogP contribution is -2.39. The van der Waals surface area contributed by atoms with E-state index in [1.54, 1.807) is 0 Å². The largest absolute Gasteiger partial charge is 0.334 e. The summed E-state index contributed by atoms with van der Waals surface area (Å²) in [6.07, 6.45) is 3.85. The van der Waals surface area contributed by atoms with Gasteiger partial charge in [-0.05, 0) is 49.2 Å². The second-order valence-corrected chi connectivity index (χ2v) is 6.18. The summed E-state index contributed by atoms with van der Waals surface area (Å²) >= 11 is 0. The smallest absolute Gasteiger partial charge is 0.254 e. The van der Waals surface area contributed by atoms with Gasteiger partial charge >= 0.3 is 0 Å². The van der Waals surface area contributed by atoms with Crippen LogP contribution in [0.5, 0.6) is 0 Å². The van der Waals surface area contributed by atoms with Crippen LogP contribution >= 0.6 is 24.8 Å². The topological polar surface area (TPSA) is 64.2 Å². The number of hydrogen-bond donors (Lipinski definition) is 1. The van der Waals surface area contributed by atoms with Crippen LogP contribution in [0.4, 0.5) is 0 Å². The molecule has 5 nitrogen and oxygen atoms in total. The van der Waals surface area contributed by atoms with Crippen molar-refractivity contribution in [2.75, 3.05) is 13.1 Å². The number of nitrogens with zero attached hydrogens (tertiary/aromatic N) is 3. The van der Waals surface area contributed by atoms with Crippen LogP contribution in [-0.2, 0) is 0 Å². The average Bonchev–Trinajstić information content (AvgIpc) is 3.28. The highest BCUT2D eigenvalue weighted by Crippen LogP contribution is 2.21. The van der Waals surface area contributed by atoms with Crippen LogP contribution < -0.4 is 5.73 Å². The van der Waals surface area contributed by atoms with Crippen LogP contribution in [0.25, 0.3) is 16.7 Å². The maximum Gasteiger partial charge on any atom is 0.254 e. The first-order valence-corrected chi connectivity index (χ1v) is 8.31. The molecule has 26 heavy (non-hydrogen) atoms. The zero-order chi connectivity index (χ0) is 16.5. The SMILES string of the molecule is Cl.Cl.NCC1CCCN1C(=O)c1ccc(-n2cnc3ccccc32)cc1. The van der Waals surface area contributed by atoms with Crippen LogP contribution in [-0.4, -0.2) is 39.5 Å². The van der Waals surface area contributed by atoms with Gasteiger partial charge in [-0.25, -0.2) is 4.98 Å². The fourth-order valence-electron chi connectivity index (χ4n) is 3.44. The molecule has 0 spiro atoms. The molecule has 1 unspecified atom stereocenters. The zero-order valence-corrected chi connectivity index (χ0v) is 15.9. The molecule has 1 aromatic heterocycles. The second-order valence-electron chi connectivity index (χ2n) is 6.18. The third-order valence-electron chi connectivity index (χ3n) is 4.76. The fraction of sp³-hybridized carbons (Fsp3) is 0.263. The van der Waals surface area contributed by atoms with E-state index in [9.17, 15) is 4.79 Å². The van der Waals surface area contributed by atoms with E-state index in [1.165, 1.54) is 0 Å². The molecule has 3 aromatic rings. The molecule has 0 aliphatic carbocycles. The van der Waals surface area contributed by atoms with Gasteiger partial charge in [-0.3, -0.25) is 9.36 Å². The maximum absolute atomic E-state index is 12.7. The van der Waals surface area contributed by atoms with E-state index in [1.807, 2.05) is 64.3 Å². The van der Waals surface area contributed by atoms with Crippen molar-refractivity contribution < 1.29 is 4.79 Å². The van der Waals surface area contributed by atoms with E-state index in [4.69, 9.17) is 5.73 Å². The molecule has 2 heterocycles. The first kappa shape index (κ1) is 20.2. The molecule has 7 heteroatoms. The van der Waals surface area contributed by atoms with Crippen molar-refractivity contribution in [3.8, 4) is 5.69 Å². The number of para-hydroxylation sites is 2. The van der Waals surface area contributed by atoms with E-state index in [0.717, 1.165) is 36.1 Å². The minimum atomic E-state index is 0. The Balaban J connectivity index is 0.00000121. The zero-order valence-electron chi connectivity index (χ0n) is 14.2. The van der Waals surface area contributed by atoms with Gasteiger partial charge in [0, 0.05) is 30.4 Å². The number of aromatic nitrogens is 2. The highest BCUT2D eigenvalue weighted by molar-refractivity contribution is 5.95. The highest BCUT2D eigenvalue weighted by Gasteiger charge is 2.28. The van der Waals surface area contributed by atoms with E-state index in [0.29, 0.717) is 12.1 Å². The van der Waals surface area contributed by atoms with Crippen LogP contribution in [0.15, 0.2) is 54.9 Å². The van der Waals surface area contributed by atoms with Gasteiger partial charge in [0.15, 0.2) is 0 Å². The third kappa shape index (κ3) is 3.56. The van der Waals surface area contributed by atoms with Crippen molar-refractivity contribution in [3.05, 3.63) is 60.4 Å². The number of likely N-dealkylation sites (tertiary alicyclic amines) is 1. The molecular weight excluding hydrogens is 371 g/mol. The molecule has 4 rings (SSSR count). The van der Waals surface area contributed by atoms with Gasteiger partial charge in [0.25, 0.3) is 5.91 Å². The monoisotopic (exact) mass is 392 g/mol. The van der Waals surface area contributed by atoms with Gasteiger partial charge in [-0.2, -0.15) is 0 Å². The molecule has 0 radical (unpaired) electrons. The number of imidazole rings is 1. The van der Waals surface area contributed by atoms with Crippen molar-refractivity contribution in [2.45, 2.75) is 18.9 Å². The average molecular weight is 393 g/mol.